The number of alkyl halides is 3. The van der Waals surface area contributed by atoms with Crippen molar-refractivity contribution in [3.63, 3.8) is 0 Å². The third-order valence-corrected chi connectivity index (χ3v) is 2.70. The number of hydrogen-bond acceptors (Lipinski definition) is 3. The third kappa shape index (κ3) is 7.10. The lowest BCUT2D eigenvalue weighted by atomic mass is 10.2. The predicted molar refractivity (Wildman–Crippen MR) is 74.1 cm³/mol. The van der Waals surface area contributed by atoms with Crippen molar-refractivity contribution < 1.29 is 22.7 Å². The molecule has 2 N–H and O–H groups in total. The third-order valence-electron chi connectivity index (χ3n) is 2.70. The van der Waals surface area contributed by atoms with E-state index in [-0.39, 0.29) is 18.0 Å². The Morgan fingerprint density at radius 1 is 1.29 bits per heavy atom. The highest BCUT2D eigenvalue weighted by molar-refractivity contribution is 5.90. The van der Waals surface area contributed by atoms with E-state index in [9.17, 15) is 18.0 Å². The number of rotatable bonds is 8. The number of ether oxygens (including phenoxy) is 1. The Hall–Kier alpha value is -1.60. The van der Waals surface area contributed by atoms with Gasteiger partial charge >= 0.3 is 6.18 Å². The molecule has 118 valence electrons. The molecule has 0 atom stereocenters. The first kappa shape index (κ1) is 17.5. The van der Waals surface area contributed by atoms with Crippen LogP contribution in [0.15, 0.2) is 24.3 Å². The zero-order valence-electron chi connectivity index (χ0n) is 11.8. The molecule has 0 aliphatic carbocycles. The quantitative estimate of drug-likeness (QED) is 0.726. The molecule has 1 aromatic carbocycles. The summed E-state index contributed by atoms with van der Waals surface area (Å²) >= 11 is 0. The van der Waals surface area contributed by atoms with Crippen LogP contribution in [0, 0.1) is 0 Å². The average molecular weight is 304 g/mol. The van der Waals surface area contributed by atoms with Crippen molar-refractivity contribution >= 4 is 11.6 Å². The minimum Gasteiger partial charge on any atom is -0.385 e. The molecule has 0 bridgehead atoms. The Morgan fingerprint density at radius 3 is 2.71 bits per heavy atom. The van der Waals surface area contributed by atoms with Gasteiger partial charge in [-0.2, -0.15) is 13.2 Å². The van der Waals surface area contributed by atoms with Crippen molar-refractivity contribution in [2.24, 2.45) is 0 Å². The van der Waals surface area contributed by atoms with Gasteiger partial charge in [0.2, 0.25) is 5.91 Å². The van der Waals surface area contributed by atoms with Crippen LogP contribution in [0.1, 0.15) is 18.4 Å². The number of benzene rings is 1. The average Bonchev–Trinajstić information content (AvgIpc) is 2.42. The van der Waals surface area contributed by atoms with Crippen molar-refractivity contribution in [1.82, 2.24) is 5.32 Å². The molecule has 0 saturated heterocycles. The van der Waals surface area contributed by atoms with Gasteiger partial charge in [0.25, 0.3) is 0 Å². The Morgan fingerprint density at radius 2 is 2.05 bits per heavy atom. The Bertz CT molecular complexity index is 450. The van der Waals surface area contributed by atoms with E-state index in [0.29, 0.717) is 13.2 Å². The molecule has 0 radical (unpaired) electrons. The van der Waals surface area contributed by atoms with Crippen LogP contribution in [-0.4, -0.2) is 32.7 Å². The first-order chi connectivity index (χ1) is 9.93. The summed E-state index contributed by atoms with van der Waals surface area (Å²) in [6, 6.07) is 4.58. The molecule has 1 amide bonds. The van der Waals surface area contributed by atoms with Crippen LogP contribution in [0.25, 0.3) is 0 Å². The van der Waals surface area contributed by atoms with E-state index < -0.39 is 11.7 Å². The summed E-state index contributed by atoms with van der Waals surface area (Å²) in [5, 5.41) is 5.50. The molecule has 0 heterocycles. The van der Waals surface area contributed by atoms with Gasteiger partial charge in [0.1, 0.15) is 0 Å². The fourth-order valence-corrected chi connectivity index (χ4v) is 1.67. The second kappa shape index (κ2) is 8.63. The SMILES string of the molecule is COCCCNCCC(=O)Nc1cccc(C(F)(F)F)c1. The van der Waals surface area contributed by atoms with E-state index in [2.05, 4.69) is 10.6 Å². The van der Waals surface area contributed by atoms with Crippen LogP contribution in [0.5, 0.6) is 0 Å². The largest absolute Gasteiger partial charge is 0.416 e. The number of anilines is 1. The number of amides is 1. The molecular weight excluding hydrogens is 285 g/mol. The zero-order chi connectivity index (χ0) is 15.7. The van der Waals surface area contributed by atoms with Gasteiger partial charge in [-0.05, 0) is 31.2 Å². The first-order valence-electron chi connectivity index (χ1n) is 6.60. The lowest BCUT2D eigenvalue weighted by molar-refractivity contribution is -0.137. The maximum Gasteiger partial charge on any atom is 0.416 e. The van der Waals surface area contributed by atoms with Gasteiger partial charge in [0.05, 0.1) is 5.56 Å². The molecule has 0 fully saturated rings. The predicted octanol–water partition coefficient (Wildman–Crippen LogP) is 2.66. The number of methoxy groups -OCH3 is 1. The summed E-state index contributed by atoms with van der Waals surface area (Å²) in [5.74, 6) is -0.325. The summed E-state index contributed by atoms with van der Waals surface area (Å²) in [4.78, 5) is 11.6. The Balaban J connectivity index is 2.35. The summed E-state index contributed by atoms with van der Waals surface area (Å²) in [6.07, 6.45) is -3.38. The van der Waals surface area contributed by atoms with Crippen LogP contribution in [0.3, 0.4) is 0 Å². The smallest absolute Gasteiger partial charge is 0.385 e. The van der Waals surface area contributed by atoms with Crippen molar-refractivity contribution in [3.8, 4) is 0 Å². The van der Waals surface area contributed by atoms with Gasteiger partial charge in [0.15, 0.2) is 0 Å². The lowest BCUT2D eigenvalue weighted by Crippen LogP contribution is -2.23. The minimum absolute atomic E-state index is 0.147. The molecular formula is C14H19F3N2O2. The summed E-state index contributed by atoms with van der Waals surface area (Å²) in [6.45, 7) is 1.84. The van der Waals surface area contributed by atoms with Crippen LogP contribution < -0.4 is 10.6 Å². The summed E-state index contributed by atoms with van der Waals surface area (Å²) in [7, 11) is 1.61. The van der Waals surface area contributed by atoms with Crippen LogP contribution in [0.2, 0.25) is 0 Å². The molecule has 0 spiro atoms. The number of carbonyl (C=O) groups is 1. The second-order valence-corrected chi connectivity index (χ2v) is 4.47. The highest BCUT2D eigenvalue weighted by atomic mass is 19.4. The number of halogens is 3. The highest BCUT2D eigenvalue weighted by Crippen LogP contribution is 2.30. The van der Waals surface area contributed by atoms with E-state index in [1.54, 1.807) is 7.11 Å². The lowest BCUT2D eigenvalue weighted by Gasteiger charge is -2.10. The van der Waals surface area contributed by atoms with Gasteiger partial charge in [-0.25, -0.2) is 0 Å². The van der Waals surface area contributed by atoms with Gasteiger partial charge in [0, 0.05) is 32.4 Å². The van der Waals surface area contributed by atoms with Gasteiger partial charge in [-0.15, -0.1) is 0 Å². The number of hydrogen-bond donors (Lipinski definition) is 2. The molecule has 1 aromatic rings. The Kier molecular flexibility index (Phi) is 7.18. The van der Waals surface area contributed by atoms with E-state index >= 15 is 0 Å². The molecule has 0 aliphatic rings. The summed E-state index contributed by atoms with van der Waals surface area (Å²) < 4.78 is 42.4. The van der Waals surface area contributed by atoms with Crippen molar-refractivity contribution in [3.05, 3.63) is 29.8 Å². The van der Waals surface area contributed by atoms with Crippen molar-refractivity contribution in [2.45, 2.75) is 19.0 Å². The monoisotopic (exact) mass is 304 g/mol. The van der Waals surface area contributed by atoms with Gasteiger partial charge < -0.3 is 15.4 Å². The zero-order valence-corrected chi connectivity index (χ0v) is 11.8. The molecule has 4 nitrogen and oxygen atoms in total. The standard InChI is InChI=1S/C14H19F3N2O2/c1-21-9-3-7-18-8-6-13(20)19-12-5-2-4-11(10-12)14(15,16)17/h2,4-5,10,18H,3,6-9H2,1H3,(H,19,20). The van der Waals surface area contributed by atoms with Crippen molar-refractivity contribution in [2.75, 3.05) is 32.1 Å². The fourth-order valence-electron chi connectivity index (χ4n) is 1.67. The fraction of sp³-hybridized carbons (Fsp3) is 0.500. The van der Waals surface area contributed by atoms with E-state index in [4.69, 9.17) is 4.74 Å². The topological polar surface area (TPSA) is 50.4 Å². The van der Waals surface area contributed by atoms with Crippen LogP contribution in [0.4, 0.5) is 18.9 Å². The molecule has 0 aromatic heterocycles. The number of nitrogens with one attached hydrogen (secondary N) is 2. The molecule has 1 rings (SSSR count). The van der Waals surface area contributed by atoms with Gasteiger partial charge in [-0.1, -0.05) is 6.07 Å². The van der Waals surface area contributed by atoms with E-state index in [0.717, 1.165) is 25.1 Å². The van der Waals surface area contributed by atoms with Crippen molar-refractivity contribution in [1.29, 1.82) is 0 Å². The van der Waals surface area contributed by atoms with Crippen LogP contribution in [-0.2, 0) is 15.7 Å². The van der Waals surface area contributed by atoms with Gasteiger partial charge in [-0.3, -0.25) is 4.79 Å². The molecule has 21 heavy (non-hydrogen) atoms. The summed E-state index contributed by atoms with van der Waals surface area (Å²) in [5.41, 5.74) is -0.632. The Labute approximate surface area is 121 Å². The second-order valence-electron chi connectivity index (χ2n) is 4.47. The highest BCUT2D eigenvalue weighted by Gasteiger charge is 2.30. The normalized spacial score (nSPS) is 11.4. The van der Waals surface area contributed by atoms with E-state index in [1.807, 2.05) is 0 Å². The first-order valence-corrected chi connectivity index (χ1v) is 6.60. The molecule has 0 aliphatic heterocycles. The van der Waals surface area contributed by atoms with E-state index in [1.165, 1.54) is 12.1 Å². The maximum absolute atomic E-state index is 12.5. The van der Waals surface area contributed by atoms with Crippen LogP contribution >= 0.6 is 0 Å². The molecule has 0 saturated carbocycles. The molecule has 7 heteroatoms. The molecule has 0 unspecified atom stereocenters. The minimum atomic E-state index is -4.41. The number of carbonyl (C=O) groups excluding carboxylic acids is 1. The maximum atomic E-state index is 12.5.